The molecule has 1 fully saturated rings. The van der Waals surface area contributed by atoms with Crippen molar-refractivity contribution < 1.29 is 14.1 Å². The van der Waals surface area contributed by atoms with E-state index in [1.165, 1.54) is 0 Å². The second-order valence-corrected chi connectivity index (χ2v) is 6.31. The van der Waals surface area contributed by atoms with Crippen molar-refractivity contribution in [2.75, 3.05) is 39.3 Å². The number of ether oxygens (including phenoxy) is 1. The zero-order valence-electron chi connectivity index (χ0n) is 15.2. The van der Waals surface area contributed by atoms with E-state index in [-0.39, 0.29) is 6.09 Å². The van der Waals surface area contributed by atoms with Crippen molar-refractivity contribution in [3.63, 3.8) is 0 Å². The molecule has 1 aromatic heterocycles. The molecule has 0 spiro atoms. The van der Waals surface area contributed by atoms with Crippen LogP contribution in [0.4, 0.5) is 4.79 Å². The molecule has 7 nitrogen and oxygen atoms in total. The number of rotatable bonds is 7. The average Bonchev–Trinajstić information content (AvgIpc) is 3.13. The number of benzene rings is 1. The topological polar surface area (TPSA) is 70.8 Å². The number of aryl methyl sites for hydroxylation is 1. The second-order valence-electron chi connectivity index (χ2n) is 6.31. The predicted molar refractivity (Wildman–Crippen MR) is 98.4 cm³/mol. The molecule has 140 valence electrons. The largest absolute Gasteiger partial charge is 0.449 e. The van der Waals surface area contributed by atoms with Crippen LogP contribution in [-0.4, -0.2) is 60.5 Å². The molecule has 0 aliphatic carbocycles. The van der Waals surface area contributed by atoms with Gasteiger partial charge in [0, 0.05) is 44.2 Å². The third-order valence-corrected chi connectivity index (χ3v) is 4.42. The van der Waals surface area contributed by atoms with Gasteiger partial charge in [-0.2, -0.15) is 0 Å². The van der Waals surface area contributed by atoms with Crippen LogP contribution in [0.1, 0.15) is 19.1 Å². The lowest BCUT2D eigenvalue weighted by molar-refractivity contribution is 0.0704. The highest BCUT2D eigenvalue weighted by molar-refractivity contribution is 5.66. The molecule has 1 aliphatic rings. The molecule has 26 heavy (non-hydrogen) atoms. The van der Waals surface area contributed by atoms with E-state index in [4.69, 9.17) is 9.26 Å². The number of piperazine rings is 1. The first-order valence-electron chi connectivity index (χ1n) is 9.16. The van der Waals surface area contributed by atoms with Gasteiger partial charge in [0.2, 0.25) is 0 Å². The molecular formula is C19H26N4O3. The summed E-state index contributed by atoms with van der Waals surface area (Å²) in [5, 5.41) is 6.07. The van der Waals surface area contributed by atoms with E-state index in [9.17, 15) is 4.79 Å². The smallest absolute Gasteiger partial charge is 0.421 e. The first-order valence-corrected chi connectivity index (χ1v) is 9.16. The van der Waals surface area contributed by atoms with E-state index < -0.39 is 0 Å². The van der Waals surface area contributed by atoms with Gasteiger partial charge in [-0.1, -0.05) is 35.5 Å². The molecule has 0 unspecified atom stereocenters. The highest BCUT2D eigenvalue weighted by Crippen LogP contribution is 2.19. The van der Waals surface area contributed by atoms with Crippen molar-refractivity contribution >= 4 is 6.09 Å². The van der Waals surface area contributed by atoms with Gasteiger partial charge in [0.1, 0.15) is 11.5 Å². The third-order valence-electron chi connectivity index (χ3n) is 4.42. The summed E-state index contributed by atoms with van der Waals surface area (Å²) in [7, 11) is 0. The van der Waals surface area contributed by atoms with Crippen LogP contribution in [0.2, 0.25) is 0 Å². The van der Waals surface area contributed by atoms with Crippen LogP contribution in [0, 0.1) is 0 Å². The lowest BCUT2D eigenvalue weighted by Crippen LogP contribution is -2.53. The summed E-state index contributed by atoms with van der Waals surface area (Å²) in [6.45, 7) is 6.66. The Balaban J connectivity index is 1.36. The molecule has 7 heteroatoms. The molecule has 0 saturated carbocycles. The molecule has 0 bridgehead atoms. The van der Waals surface area contributed by atoms with Crippen molar-refractivity contribution in [1.29, 1.82) is 0 Å². The average molecular weight is 358 g/mol. The number of nitrogens with zero attached hydrogens (tertiary/aromatic N) is 3. The van der Waals surface area contributed by atoms with Gasteiger partial charge in [-0.25, -0.2) is 9.80 Å². The molecule has 1 aromatic carbocycles. The molecule has 2 heterocycles. The lowest BCUT2D eigenvalue weighted by Gasteiger charge is -2.34. The minimum Gasteiger partial charge on any atom is -0.449 e. The Morgan fingerprint density at radius 2 is 2.00 bits per heavy atom. The minimum atomic E-state index is -0.375. The Labute approximate surface area is 153 Å². The minimum absolute atomic E-state index is 0.375. The van der Waals surface area contributed by atoms with Crippen molar-refractivity contribution in [2.45, 2.75) is 19.8 Å². The van der Waals surface area contributed by atoms with E-state index >= 15 is 0 Å². The number of nitrogens with one attached hydrogen (secondary N) is 1. The van der Waals surface area contributed by atoms with Crippen LogP contribution >= 0.6 is 0 Å². The van der Waals surface area contributed by atoms with Gasteiger partial charge < -0.3 is 14.2 Å². The number of aromatic nitrogens is 1. The van der Waals surface area contributed by atoms with Crippen LogP contribution in [0.15, 0.2) is 40.9 Å². The van der Waals surface area contributed by atoms with Gasteiger partial charge in [0.25, 0.3) is 0 Å². The first-order chi connectivity index (χ1) is 12.7. The summed E-state index contributed by atoms with van der Waals surface area (Å²) in [5.74, 6) is 0.923. The summed E-state index contributed by atoms with van der Waals surface area (Å²) in [6.07, 6.45) is 1.52. The van der Waals surface area contributed by atoms with Crippen molar-refractivity contribution in [1.82, 2.24) is 20.5 Å². The molecule has 0 radical (unpaired) electrons. The number of carbonyl (C=O) groups excluding carboxylic acids is 1. The maximum Gasteiger partial charge on any atom is 0.421 e. The van der Waals surface area contributed by atoms with E-state index in [0.29, 0.717) is 6.61 Å². The van der Waals surface area contributed by atoms with Crippen molar-refractivity contribution in [2.24, 2.45) is 0 Å². The zero-order valence-corrected chi connectivity index (χ0v) is 15.2. The Kier molecular flexibility index (Phi) is 6.62. The summed E-state index contributed by atoms with van der Waals surface area (Å²) in [6, 6.07) is 12.1. The number of carbonyl (C=O) groups is 1. The molecule has 0 atom stereocenters. The monoisotopic (exact) mass is 358 g/mol. The predicted octanol–water partition coefficient (Wildman–Crippen LogP) is 2.55. The third kappa shape index (κ3) is 5.31. The molecule has 1 amide bonds. The summed E-state index contributed by atoms with van der Waals surface area (Å²) >= 11 is 0. The Hall–Kier alpha value is -2.38. The molecule has 1 saturated heterocycles. The van der Waals surface area contributed by atoms with Crippen LogP contribution in [0.5, 0.6) is 0 Å². The van der Waals surface area contributed by atoms with Crippen LogP contribution in [-0.2, 0) is 11.2 Å². The second kappa shape index (κ2) is 9.35. The standard InChI is InChI=1S/C19H26N4O3/c1-2-25-19(24)20-23-13-11-22(12-14-23)10-6-9-17-15-18(21-26-17)16-7-4-3-5-8-16/h3-5,7-8,15H,2,6,9-14H2,1H3,(H,20,24). The quantitative estimate of drug-likeness (QED) is 0.820. The zero-order chi connectivity index (χ0) is 18.2. The summed E-state index contributed by atoms with van der Waals surface area (Å²) in [4.78, 5) is 13.8. The van der Waals surface area contributed by atoms with Gasteiger partial charge in [0.15, 0.2) is 0 Å². The van der Waals surface area contributed by atoms with Crippen molar-refractivity contribution in [3.05, 3.63) is 42.2 Å². The van der Waals surface area contributed by atoms with Crippen molar-refractivity contribution in [3.8, 4) is 11.3 Å². The first kappa shape index (κ1) is 18.4. The van der Waals surface area contributed by atoms with Crippen LogP contribution in [0.25, 0.3) is 11.3 Å². The van der Waals surface area contributed by atoms with E-state index in [2.05, 4.69) is 15.5 Å². The van der Waals surface area contributed by atoms with E-state index in [1.54, 1.807) is 6.92 Å². The van der Waals surface area contributed by atoms with Gasteiger partial charge in [-0.15, -0.1) is 0 Å². The fraction of sp³-hybridized carbons (Fsp3) is 0.474. The fourth-order valence-corrected chi connectivity index (χ4v) is 3.03. The highest BCUT2D eigenvalue weighted by Gasteiger charge is 2.18. The number of amides is 1. The SMILES string of the molecule is CCOC(=O)NN1CCN(CCCc2cc(-c3ccccc3)no2)CC1. The molecule has 2 aromatic rings. The Bertz CT molecular complexity index is 681. The maximum absolute atomic E-state index is 11.4. The summed E-state index contributed by atoms with van der Waals surface area (Å²) in [5.41, 5.74) is 4.73. The van der Waals surface area contributed by atoms with Gasteiger partial charge in [-0.3, -0.25) is 5.43 Å². The van der Waals surface area contributed by atoms with Crippen LogP contribution < -0.4 is 5.43 Å². The number of hydrogen-bond acceptors (Lipinski definition) is 6. The van der Waals surface area contributed by atoms with Gasteiger partial charge >= 0.3 is 6.09 Å². The van der Waals surface area contributed by atoms with Crippen LogP contribution in [0.3, 0.4) is 0 Å². The lowest BCUT2D eigenvalue weighted by atomic mass is 10.1. The molecular weight excluding hydrogens is 332 g/mol. The molecule has 1 N–H and O–H groups in total. The highest BCUT2D eigenvalue weighted by atomic mass is 16.6. The van der Waals surface area contributed by atoms with E-state index in [0.717, 1.165) is 62.6 Å². The molecule has 1 aliphatic heterocycles. The Morgan fingerprint density at radius 3 is 2.73 bits per heavy atom. The number of hydrazine groups is 1. The summed E-state index contributed by atoms with van der Waals surface area (Å²) < 4.78 is 10.4. The molecule has 3 rings (SSSR count). The Morgan fingerprint density at radius 1 is 1.23 bits per heavy atom. The fourth-order valence-electron chi connectivity index (χ4n) is 3.03. The normalized spacial score (nSPS) is 15.7. The van der Waals surface area contributed by atoms with Gasteiger partial charge in [0.05, 0.1) is 6.61 Å². The maximum atomic E-state index is 11.4. The number of hydrogen-bond donors (Lipinski definition) is 1. The van der Waals surface area contributed by atoms with Gasteiger partial charge in [-0.05, 0) is 19.9 Å². The van der Waals surface area contributed by atoms with E-state index in [1.807, 2.05) is 41.4 Å².